The van der Waals surface area contributed by atoms with Crippen LogP contribution >= 0.6 is 22.9 Å². The van der Waals surface area contributed by atoms with E-state index < -0.39 is 0 Å². The second kappa shape index (κ2) is 5.47. The molecule has 1 fully saturated rings. The quantitative estimate of drug-likeness (QED) is 0.783. The predicted octanol–water partition coefficient (Wildman–Crippen LogP) is 3.59. The molecule has 2 N–H and O–H groups in total. The van der Waals surface area contributed by atoms with Crippen LogP contribution in [0.15, 0.2) is 24.3 Å². The number of hydrogen-bond acceptors (Lipinski definition) is 5. The molecule has 1 saturated carbocycles. The summed E-state index contributed by atoms with van der Waals surface area (Å²) in [6.45, 7) is 0. The summed E-state index contributed by atoms with van der Waals surface area (Å²) in [6.07, 6.45) is 2.39. The average molecular weight is 348 g/mol. The first-order chi connectivity index (χ1) is 11.0. The lowest BCUT2D eigenvalue weighted by atomic mass is 10.1. The fourth-order valence-corrected chi connectivity index (χ4v) is 4.02. The molecule has 7 heteroatoms. The maximum absolute atomic E-state index is 6.37. The first kappa shape index (κ1) is 14.9. The molecule has 0 radical (unpaired) electrons. The van der Waals surface area contributed by atoms with Crippen molar-refractivity contribution in [2.75, 3.05) is 19.0 Å². The van der Waals surface area contributed by atoms with E-state index in [4.69, 9.17) is 22.4 Å². The van der Waals surface area contributed by atoms with Crippen molar-refractivity contribution < 1.29 is 0 Å². The third kappa shape index (κ3) is 2.60. The van der Waals surface area contributed by atoms with Gasteiger partial charge in [-0.1, -0.05) is 35.1 Å². The average Bonchev–Trinajstić information content (AvgIpc) is 3.23. The van der Waals surface area contributed by atoms with Gasteiger partial charge in [0, 0.05) is 25.3 Å². The SMILES string of the molecule is CN(C)c1cccc(-c2c(Cl)nc3sc(C(N)C4CC4)nn23)c1. The first-order valence-electron chi connectivity index (χ1n) is 7.63. The Balaban J connectivity index is 1.82. The summed E-state index contributed by atoms with van der Waals surface area (Å²) in [5.74, 6) is 0.571. The third-order valence-electron chi connectivity index (χ3n) is 4.23. The molecule has 1 unspecified atom stereocenters. The molecular formula is C16H18ClN5S. The number of hydrogen-bond donors (Lipinski definition) is 1. The molecule has 1 aliphatic rings. The van der Waals surface area contributed by atoms with Gasteiger partial charge >= 0.3 is 0 Å². The van der Waals surface area contributed by atoms with E-state index >= 15 is 0 Å². The van der Waals surface area contributed by atoms with Crippen LogP contribution in [-0.2, 0) is 0 Å². The predicted molar refractivity (Wildman–Crippen MR) is 95.3 cm³/mol. The zero-order chi connectivity index (χ0) is 16.1. The lowest BCUT2D eigenvalue weighted by Crippen LogP contribution is -2.12. The number of aromatic nitrogens is 3. The van der Waals surface area contributed by atoms with Crippen LogP contribution in [0.2, 0.25) is 5.15 Å². The van der Waals surface area contributed by atoms with Gasteiger partial charge in [0.2, 0.25) is 4.96 Å². The summed E-state index contributed by atoms with van der Waals surface area (Å²) < 4.78 is 1.83. The van der Waals surface area contributed by atoms with Crippen molar-refractivity contribution in [3.05, 3.63) is 34.4 Å². The Morgan fingerprint density at radius 3 is 2.87 bits per heavy atom. The summed E-state index contributed by atoms with van der Waals surface area (Å²) in [4.78, 5) is 7.32. The number of benzene rings is 1. The van der Waals surface area contributed by atoms with Gasteiger partial charge in [-0.2, -0.15) is 5.10 Å². The van der Waals surface area contributed by atoms with E-state index in [0.717, 1.165) is 26.9 Å². The van der Waals surface area contributed by atoms with Crippen molar-refractivity contribution in [2.45, 2.75) is 18.9 Å². The van der Waals surface area contributed by atoms with Gasteiger partial charge in [0.25, 0.3) is 0 Å². The minimum atomic E-state index is 0.0152. The molecule has 0 bridgehead atoms. The molecule has 0 amide bonds. The largest absolute Gasteiger partial charge is 0.378 e. The maximum atomic E-state index is 6.37. The number of imidazole rings is 1. The Kier molecular flexibility index (Phi) is 3.55. The van der Waals surface area contributed by atoms with Crippen LogP contribution in [0.4, 0.5) is 5.69 Å². The van der Waals surface area contributed by atoms with Gasteiger partial charge < -0.3 is 10.6 Å². The lowest BCUT2D eigenvalue weighted by molar-refractivity contribution is 0.618. The van der Waals surface area contributed by atoms with Gasteiger partial charge in [-0.25, -0.2) is 9.50 Å². The molecular weight excluding hydrogens is 330 g/mol. The normalized spacial score (nSPS) is 16.0. The van der Waals surface area contributed by atoms with Gasteiger partial charge in [-0.3, -0.25) is 0 Å². The summed E-state index contributed by atoms with van der Waals surface area (Å²) in [7, 11) is 4.03. The van der Waals surface area contributed by atoms with Gasteiger partial charge in [-0.05, 0) is 30.9 Å². The van der Waals surface area contributed by atoms with Gasteiger partial charge in [0.1, 0.15) is 10.7 Å². The van der Waals surface area contributed by atoms with Crippen LogP contribution in [0.3, 0.4) is 0 Å². The van der Waals surface area contributed by atoms with Crippen LogP contribution in [0, 0.1) is 5.92 Å². The van der Waals surface area contributed by atoms with Crippen molar-refractivity contribution in [1.82, 2.24) is 14.6 Å². The van der Waals surface area contributed by atoms with Crippen molar-refractivity contribution in [3.63, 3.8) is 0 Å². The Labute approximate surface area is 143 Å². The summed E-state index contributed by atoms with van der Waals surface area (Å²) >= 11 is 7.91. The molecule has 2 aromatic heterocycles. The summed E-state index contributed by atoms with van der Waals surface area (Å²) in [5, 5.41) is 6.11. The van der Waals surface area contributed by atoms with E-state index in [-0.39, 0.29) is 6.04 Å². The van der Waals surface area contributed by atoms with Crippen molar-refractivity contribution in [2.24, 2.45) is 11.7 Å². The van der Waals surface area contributed by atoms with E-state index in [2.05, 4.69) is 22.0 Å². The molecule has 0 saturated heterocycles. The second-order valence-corrected chi connectivity index (χ2v) is 7.54. The highest BCUT2D eigenvalue weighted by molar-refractivity contribution is 7.16. The highest BCUT2D eigenvalue weighted by Gasteiger charge is 2.32. The Bertz CT molecular complexity index is 865. The van der Waals surface area contributed by atoms with Gasteiger partial charge in [0.05, 0.1) is 6.04 Å². The molecule has 1 aromatic carbocycles. The van der Waals surface area contributed by atoms with E-state index in [1.165, 1.54) is 24.2 Å². The van der Waals surface area contributed by atoms with Crippen LogP contribution in [0.25, 0.3) is 16.2 Å². The van der Waals surface area contributed by atoms with Gasteiger partial charge in [0.15, 0.2) is 5.15 Å². The first-order valence-corrected chi connectivity index (χ1v) is 8.82. The monoisotopic (exact) mass is 347 g/mol. The molecule has 1 atom stereocenters. The van der Waals surface area contributed by atoms with Crippen LogP contribution in [0.5, 0.6) is 0 Å². The number of nitrogens with two attached hydrogens (primary N) is 1. The molecule has 2 heterocycles. The molecule has 4 rings (SSSR count). The third-order valence-corrected chi connectivity index (χ3v) is 5.50. The van der Waals surface area contributed by atoms with Gasteiger partial charge in [-0.15, -0.1) is 0 Å². The summed E-state index contributed by atoms with van der Waals surface area (Å²) in [5.41, 5.74) is 9.23. The molecule has 23 heavy (non-hydrogen) atoms. The zero-order valence-electron chi connectivity index (χ0n) is 13.0. The molecule has 1 aliphatic carbocycles. The zero-order valence-corrected chi connectivity index (χ0v) is 14.6. The standard InChI is InChI=1S/C16H18ClN5S/c1-21(2)11-5-3-4-10(8-11)13-14(17)19-16-22(13)20-15(23-16)12(18)9-6-7-9/h3-5,8-9,12H,6-7,18H2,1-2H3. The molecule has 0 spiro atoms. The van der Waals surface area contributed by atoms with Crippen LogP contribution in [0.1, 0.15) is 23.9 Å². The Morgan fingerprint density at radius 2 is 2.17 bits per heavy atom. The van der Waals surface area contributed by atoms with Crippen LogP contribution < -0.4 is 10.6 Å². The molecule has 5 nitrogen and oxygen atoms in total. The van der Waals surface area contributed by atoms with E-state index in [1.54, 1.807) is 0 Å². The molecule has 120 valence electrons. The molecule has 0 aliphatic heterocycles. The maximum Gasteiger partial charge on any atom is 0.214 e. The van der Waals surface area contributed by atoms with E-state index in [1.807, 2.05) is 30.7 Å². The smallest absolute Gasteiger partial charge is 0.214 e. The van der Waals surface area contributed by atoms with E-state index in [9.17, 15) is 0 Å². The number of halogens is 1. The lowest BCUT2D eigenvalue weighted by Gasteiger charge is -2.13. The number of fused-ring (bicyclic) bond motifs is 1. The Morgan fingerprint density at radius 1 is 1.39 bits per heavy atom. The minimum Gasteiger partial charge on any atom is -0.378 e. The van der Waals surface area contributed by atoms with Crippen molar-refractivity contribution in [1.29, 1.82) is 0 Å². The molecule has 3 aromatic rings. The minimum absolute atomic E-state index is 0.0152. The summed E-state index contributed by atoms with van der Waals surface area (Å²) in [6, 6.07) is 8.22. The topological polar surface area (TPSA) is 59.5 Å². The fraction of sp³-hybridized carbons (Fsp3) is 0.375. The number of nitrogens with zero attached hydrogens (tertiary/aromatic N) is 4. The van der Waals surface area contributed by atoms with Crippen molar-refractivity contribution in [3.8, 4) is 11.3 Å². The van der Waals surface area contributed by atoms with Crippen LogP contribution in [-0.4, -0.2) is 28.7 Å². The Hall–Kier alpha value is -1.63. The highest BCUT2D eigenvalue weighted by Crippen LogP contribution is 2.41. The highest BCUT2D eigenvalue weighted by atomic mass is 35.5. The fourth-order valence-electron chi connectivity index (χ4n) is 2.70. The van der Waals surface area contributed by atoms with E-state index in [0.29, 0.717) is 11.1 Å². The number of rotatable bonds is 4. The van der Waals surface area contributed by atoms with Crippen molar-refractivity contribution >= 4 is 33.6 Å². The number of anilines is 1. The second-order valence-electron chi connectivity index (χ2n) is 6.19.